The first-order valence-corrected chi connectivity index (χ1v) is 8.36. The zero-order chi connectivity index (χ0) is 17.6. The van der Waals surface area contributed by atoms with Gasteiger partial charge < -0.3 is 10.1 Å². The molecule has 126 valence electrons. The molecule has 0 saturated carbocycles. The maximum Gasteiger partial charge on any atom is 0.255 e. The Morgan fingerprint density at radius 1 is 0.840 bits per heavy atom. The molecule has 0 aliphatic carbocycles. The molecule has 0 fully saturated rings. The molecule has 3 rings (SSSR count). The third-order valence-electron chi connectivity index (χ3n) is 3.91. The quantitative estimate of drug-likeness (QED) is 0.636. The van der Waals surface area contributed by atoms with E-state index < -0.39 is 0 Å². The molecule has 0 aliphatic rings. The molecule has 1 amide bonds. The highest BCUT2D eigenvalue weighted by molar-refractivity contribution is 6.04. The summed E-state index contributed by atoms with van der Waals surface area (Å²) >= 11 is 0. The molecule has 0 heterocycles. The number of hydrogen-bond donors (Lipinski definition) is 1. The van der Waals surface area contributed by atoms with Crippen molar-refractivity contribution in [3.8, 4) is 11.5 Å². The highest BCUT2D eigenvalue weighted by Crippen LogP contribution is 2.24. The molecule has 3 nitrogen and oxygen atoms in total. The van der Waals surface area contributed by atoms with Crippen LogP contribution < -0.4 is 10.1 Å². The normalized spacial score (nSPS) is 10.5. The summed E-state index contributed by atoms with van der Waals surface area (Å²) in [7, 11) is 0. The predicted octanol–water partition coefficient (Wildman–Crippen LogP) is 5.85. The minimum Gasteiger partial charge on any atom is -0.457 e. The lowest BCUT2D eigenvalue weighted by Gasteiger charge is -2.10. The molecule has 0 spiro atoms. The summed E-state index contributed by atoms with van der Waals surface area (Å²) in [5.41, 5.74) is 2.56. The van der Waals surface area contributed by atoms with Crippen LogP contribution in [0.3, 0.4) is 0 Å². The molecule has 0 bridgehead atoms. The van der Waals surface area contributed by atoms with Crippen molar-refractivity contribution in [3.63, 3.8) is 0 Å². The Morgan fingerprint density at radius 3 is 2.20 bits per heavy atom. The van der Waals surface area contributed by atoms with Gasteiger partial charge in [-0.2, -0.15) is 0 Å². The lowest BCUT2D eigenvalue weighted by Crippen LogP contribution is -2.11. The largest absolute Gasteiger partial charge is 0.457 e. The molecule has 3 heteroatoms. The summed E-state index contributed by atoms with van der Waals surface area (Å²) in [5, 5.41) is 2.91. The molecule has 0 aromatic heterocycles. The minimum atomic E-state index is -0.132. The van der Waals surface area contributed by atoms with Gasteiger partial charge in [-0.3, -0.25) is 4.79 Å². The fourth-order valence-corrected chi connectivity index (χ4v) is 2.48. The second-order valence-electron chi connectivity index (χ2n) is 6.17. The van der Waals surface area contributed by atoms with Gasteiger partial charge >= 0.3 is 0 Å². The van der Waals surface area contributed by atoms with Gasteiger partial charge in [0.2, 0.25) is 0 Å². The predicted molar refractivity (Wildman–Crippen MR) is 101 cm³/mol. The third-order valence-corrected chi connectivity index (χ3v) is 3.91. The number of rotatable bonds is 5. The summed E-state index contributed by atoms with van der Waals surface area (Å²) in [4.78, 5) is 12.4. The molecule has 1 N–H and O–H groups in total. The fraction of sp³-hybridized carbons (Fsp3) is 0.136. The van der Waals surface area contributed by atoms with Crippen LogP contribution in [0.15, 0.2) is 78.9 Å². The molecule has 25 heavy (non-hydrogen) atoms. The van der Waals surface area contributed by atoms with Crippen molar-refractivity contribution >= 4 is 11.6 Å². The number of carbonyl (C=O) groups excluding carboxylic acids is 1. The van der Waals surface area contributed by atoms with Crippen LogP contribution >= 0.6 is 0 Å². The van der Waals surface area contributed by atoms with Gasteiger partial charge in [-0.1, -0.05) is 50.2 Å². The summed E-state index contributed by atoms with van der Waals surface area (Å²) in [6.07, 6.45) is 0. The number of ether oxygens (including phenoxy) is 1. The van der Waals surface area contributed by atoms with E-state index in [4.69, 9.17) is 4.74 Å². The third kappa shape index (κ3) is 4.48. The van der Waals surface area contributed by atoms with Crippen molar-refractivity contribution in [1.29, 1.82) is 0 Å². The molecule has 3 aromatic carbocycles. The van der Waals surface area contributed by atoms with E-state index in [1.807, 2.05) is 78.9 Å². The standard InChI is InChI=1S/C22H21NO2/c1-16(2)17-11-13-18(14-12-17)22(24)23-19-7-6-10-21(15-19)25-20-8-4-3-5-9-20/h3-16H,1-2H3,(H,23,24). The molecular weight excluding hydrogens is 310 g/mol. The molecular formula is C22H21NO2. The maximum absolute atomic E-state index is 12.4. The number of carbonyl (C=O) groups is 1. The van der Waals surface area contributed by atoms with E-state index in [1.54, 1.807) is 0 Å². The van der Waals surface area contributed by atoms with Crippen LogP contribution in [0.2, 0.25) is 0 Å². The van der Waals surface area contributed by atoms with Gasteiger partial charge in [0.05, 0.1) is 0 Å². The number of hydrogen-bond acceptors (Lipinski definition) is 2. The Hall–Kier alpha value is -3.07. The number of amides is 1. The van der Waals surface area contributed by atoms with Crippen molar-refractivity contribution in [2.75, 3.05) is 5.32 Å². The SMILES string of the molecule is CC(C)c1ccc(C(=O)Nc2cccc(Oc3ccccc3)c2)cc1. The van der Waals surface area contributed by atoms with Gasteiger partial charge in [0.1, 0.15) is 11.5 Å². The zero-order valence-electron chi connectivity index (χ0n) is 14.4. The minimum absolute atomic E-state index is 0.132. The van der Waals surface area contributed by atoms with Crippen molar-refractivity contribution in [1.82, 2.24) is 0 Å². The van der Waals surface area contributed by atoms with Crippen LogP contribution in [-0.4, -0.2) is 5.91 Å². The first-order valence-electron chi connectivity index (χ1n) is 8.36. The molecule has 0 unspecified atom stereocenters. The average Bonchev–Trinajstić information content (AvgIpc) is 2.63. The van der Waals surface area contributed by atoms with E-state index >= 15 is 0 Å². The van der Waals surface area contributed by atoms with Gasteiger partial charge in [-0.05, 0) is 47.9 Å². The smallest absolute Gasteiger partial charge is 0.255 e. The van der Waals surface area contributed by atoms with E-state index in [0.29, 0.717) is 22.9 Å². The van der Waals surface area contributed by atoms with Crippen molar-refractivity contribution < 1.29 is 9.53 Å². The van der Waals surface area contributed by atoms with Crippen LogP contribution in [0, 0.1) is 0 Å². The Morgan fingerprint density at radius 2 is 1.52 bits per heavy atom. The maximum atomic E-state index is 12.4. The number of nitrogens with one attached hydrogen (secondary N) is 1. The van der Waals surface area contributed by atoms with Crippen molar-refractivity contribution in [2.45, 2.75) is 19.8 Å². The van der Waals surface area contributed by atoms with E-state index in [9.17, 15) is 4.79 Å². The average molecular weight is 331 g/mol. The molecule has 3 aromatic rings. The molecule has 0 saturated heterocycles. The van der Waals surface area contributed by atoms with Crippen LogP contribution in [0.1, 0.15) is 35.7 Å². The number of anilines is 1. The van der Waals surface area contributed by atoms with E-state index in [1.165, 1.54) is 5.56 Å². The zero-order valence-corrected chi connectivity index (χ0v) is 14.4. The van der Waals surface area contributed by atoms with E-state index in [-0.39, 0.29) is 5.91 Å². The Labute approximate surface area is 148 Å². The van der Waals surface area contributed by atoms with Gasteiger partial charge in [0, 0.05) is 17.3 Å². The first-order chi connectivity index (χ1) is 12.1. The summed E-state index contributed by atoms with van der Waals surface area (Å²) in [6, 6.07) is 24.6. The molecule has 0 aliphatic heterocycles. The Kier molecular flexibility index (Phi) is 5.14. The summed E-state index contributed by atoms with van der Waals surface area (Å²) in [6.45, 7) is 4.26. The number of benzene rings is 3. The fourth-order valence-electron chi connectivity index (χ4n) is 2.48. The second-order valence-corrected chi connectivity index (χ2v) is 6.17. The van der Waals surface area contributed by atoms with Gasteiger partial charge in [-0.25, -0.2) is 0 Å². The number of para-hydroxylation sites is 1. The van der Waals surface area contributed by atoms with Crippen molar-refractivity contribution in [3.05, 3.63) is 90.0 Å². The monoisotopic (exact) mass is 331 g/mol. The van der Waals surface area contributed by atoms with Gasteiger partial charge in [0.25, 0.3) is 5.91 Å². The summed E-state index contributed by atoms with van der Waals surface area (Å²) in [5.74, 6) is 1.76. The summed E-state index contributed by atoms with van der Waals surface area (Å²) < 4.78 is 5.80. The van der Waals surface area contributed by atoms with Gasteiger partial charge in [0.15, 0.2) is 0 Å². The Bertz CT molecular complexity index is 839. The van der Waals surface area contributed by atoms with Crippen LogP contribution in [-0.2, 0) is 0 Å². The highest BCUT2D eigenvalue weighted by Gasteiger charge is 2.08. The highest BCUT2D eigenvalue weighted by atomic mass is 16.5. The van der Waals surface area contributed by atoms with Crippen molar-refractivity contribution in [2.24, 2.45) is 0 Å². The molecule has 0 radical (unpaired) electrons. The van der Waals surface area contributed by atoms with Crippen LogP contribution in [0.25, 0.3) is 0 Å². The molecule has 0 atom stereocenters. The first kappa shape index (κ1) is 16.8. The van der Waals surface area contributed by atoms with Gasteiger partial charge in [-0.15, -0.1) is 0 Å². The Balaban J connectivity index is 1.70. The lowest BCUT2D eigenvalue weighted by atomic mass is 10.0. The van der Waals surface area contributed by atoms with E-state index in [2.05, 4.69) is 19.2 Å². The van der Waals surface area contributed by atoms with Crippen LogP contribution in [0.5, 0.6) is 11.5 Å². The topological polar surface area (TPSA) is 38.3 Å². The van der Waals surface area contributed by atoms with E-state index in [0.717, 1.165) is 5.75 Å². The lowest BCUT2D eigenvalue weighted by molar-refractivity contribution is 0.102. The second kappa shape index (κ2) is 7.67. The van der Waals surface area contributed by atoms with Crippen LogP contribution in [0.4, 0.5) is 5.69 Å².